The van der Waals surface area contributed by atoms with Crippen molar-refractivity contribution in [3.63, 3.8) is 0 Å². The van der Waals surface area contributed by atoms with Gasteiger partial charge in [0, 0.05) is 12.8 Å². The maximum Gasteiger partial charge on any atom is 0.306 e. The summed E-state index contributed by atoms with van der Waals surface area (Å²) >= 11 is 0. The van der Waals surface area contributed by atoms with Crippen molar-refractivity contribution in [3.8, 4) is 0 Å². The van der Waals surface area contributed by atoms with Gasteiger partial charge in [0.15, 0.2) is 0 Å². The van der Waals surface area contributed by atoms with Crippen LogP contribution in [-0.2, 0) is 14.3 Å². The molecule has 1 atom stereocenters. The van der Waals surface area contributed by atoms with Crippen LogP contribution in [0.15, 0.2) is 24.3 Å². The molecule has 48 heavy (non-hydrogen) atoms. The largest absolute Gasteiger partial charge is 0.481 e. The molecule has 0 aliphatic carbocycles. The summed E-state index contributed by atoms with van der Waals surface area (Å²) in [5, 5.41) is 9.14. The lowest BCUT2D eigenvalue weighted by Crippen LogP contribution is -2.19. The van der Waals surface area contributed by atoms with Gasteiger partial charge in [-0.05, 0) is 57.8 Å². The molecule has 282 valence electrons. The second-order valence-corrected chi connectivity index (χ2v) is 14.5. The van der Waals surface area contributed by atoms with Crippen LogP contribution < -0.4 is 0 Å². The summed E-state index contributed by atoms with van der Waals surface area (Å²) in [5.74, 6) is -0.953. The van der Waals surface area contributed by atoms with E-state index in [1.54, 1.807) is 0 Å². The average molecular weight is 675 g/mol. The molecule has 4 nitrogen and oxygen atoms in total. The van der Waals surface area contributed by atoms with Crippen LogP contribution in [0.5, 0.6) is 0 Å². The highest BCUT2D eigenvalue weighted by molar-refractivity contribution is 5.69. The first-order valence-electron chi connectivity index (χ1n) is 21.3. The second-order valence-electron chi connectivity index (χ2n) is 14.5. The molecule has 0 bridgehead atoms. The number of carboxylic acids is 1. The molecule has 4 heteroatoms. The Balaban J connectivity index is 3.70. The number of allylic oxidation sites excluding steroid dienone is 4. The van der Waals surface area contributed by atoms with E-state index in [0.717, 1.165) is 38.5 Å². The number of esters is 1. The molecule has 0 aromatic rings. The molecule has 0 saturated carbocycles. The fourth-order valence-corrected chi connectivity index (χ4v) is 6.50. The molecule has 0 spiro atoms. The third-order valence-corrected chi connectivity index (χ3v) is 9.69. The number of ether oxygens (including phenoxy) is 1. The molecule has 0 aliphatic rings. The molecule has 0 aromatic heterocycles. The van der Waals surface area contributed by atoms with Crippen LogP contribution in [0, 0.1) is 0 Å². The first-order valence-corrected chi connectivity index (χ1v) is 21.3. The minimum absolute atomic E-state index is 0.0724. The molecule has 0 rings (SSSR count). The Bertz CT molecular complexity index is 727. The molecule has 0 amide bonds. The van der Waals surface area contributed by atoms with Crippen molar-refractivity contribution in [1.29, 1.82) is 0 Å². The highest BCUT2D eigenvalue weighted by atomic mass is 16.5. The van der Waals surface area contributed by atoms with E-state index >= 15 is 0 Å². The van der Waals surface area contributed by atoms with Crippen molar-refractivity contribution < 1.29 is 19.4 Å². The summed E-state index contributed by atoms with van der Waals surface area (Å²) in [5.41, 5.74) is 0. The standard InChI is InChI=1S/C44H82O4/c1-3-5-7-9-11-13-15-17-19-21-23-24-26-28-30-32-34-36-38-42(40-41-43(45)46)48-44(47)39-37-35-33-31-29-27-25-22-20-18-16-14-12-10-8-6-4-2/h12,14,18,20,42H,3-11,13,15-17,19,21-41H2,1-2H3,(H,45,46)/b14-12-,20-18-. The highest BCUT2D eigenvalue weighted by Gasteiger charge is 2.16. The number of rotatable bonds is 39. The molecule has 0 saturated heterocycles. The molecular formula is C44H82O4. The van der Waals surface area contributed by atoms with Gasteiger partial charge >= 0.3 is 11.9 Å². The van der Waals surface area contributed by atoms with Crippen LogP contribution in [0.4, 0.5) is 0 Å². The predicted molar refractivity (Wildman–Crippen MR) is 209 cm³/mol. The molecule has 0 fully saturated rings. The zero-order chi connectivity index (χ0) is 35.0. The Kier molecular flexibility index (Phi) is 38.5. The second kappa shape index (κ2) is 39.9. The number of carboxylic acid groups (broad SMARTS) is 1. The fraction of sp³-hybridized carbons (Fsp3) is 0.864. The molecule has 1 N–H and O–H groups in total. The van der Waals surface area contributed by atoms with E-state index in [4.69, 9.17) is 9.84 Å². The zero-order valence-corrected chi connectivity index (χ0v) is 32.3. The molecule has 0 radical (unpaired) electrons. The van der Waals surface area contributed by atoms with E-state index < -0.39 is 5.97 Å². The van der Waals surface area contributed by atoms with Crippen molar-refractivity contribution in [2.75, 3.05) is 0 Å². The van der Waals surface area contributed by atoms with Gasteiger partial charge in [0.2, 0.25) is 0 Å². The van der Waals surface area contributed by atoms with E-state index in [2.05, 4.69) is 38.2 Å². The van der Waals surface area contributed by atoms with Gasteiger partial charge in [-0.15, -0.1) is 0 Å². The maximum atomic E-state index is 12.5. The Hall–Kier alpha value is -1.58. The molecule has 0 heterocycles. The van der Waals surface area contributed by atoms with Crippen molar-refractivity contribution in [2.45, 2.75) is 245 Å². The van der Waals surface area contributed by atoms with Gasteiger partial charge in [0.25, 0.3) is 0 Å². The van der Waals surface area contributed by atoms with Crippen molar-refractivity contribution in [2.24, 2.45) is 0 Å². The van der Waals surface area contributed by atoms with Crippen molar-refractivity contribution in [1.82, 2.24) is 0 Å². The number of carbonyl (C=O) groups excluding carboxylic acids is 1. The summed E-state index contributed by atoms with van der Waals surface area (Å²) in [7, 11) is 0. The van der Waals surface area contributed by atoms with Gasteiger partial charge in [0.1, 0.15) is 6.10 Å². The van der Waals surface area contributed by atoms with Crippen LogP contribution in [0.2, 0.25) is 0 Å². The Morgan fingerprint density at radius 2 is 0.833 bits per heavy atom. The summed E-state index contributed by atoms with van der Waals surface area (Å²) in [6.45, 7) is 4.53. The number of aliphatic carboxylic acids is 1. The van der Waals surface area contributed by atoms with E-state index in [9.17, 15) is 9.59 Å². The predicted octanol–water partition coefficient (Wildman–Crippen LogP) is 14.8. The van der Waals surface area contributed by atoms with Crippen molar-refractivity contribution >= 4 is 11.9 Å². The van der Waals surface area contributed by atoms with Crippen LogP contribution in [0.25, 0.3) is 0 Å². The van der Waals surface area contributed by atoms with Gasteiger partial charge in [-0.3, -0.25) is 9.59 Å². The summed E-state index contributed by atoms with van der Waals surface area (Å²) < 4.78 is 5.75. The fourth-order valence-electron chi connectivity index (χ4n) is 6.50. The average Bonchev–Trinajstić information content (AvgIpc) is 3.07. The topological polar surface area (TPSA) is 63.6 Å². The van der Waals surface area contributed by atoms with Gasteiger partial charge in [0.05, 0.1) is 0 Å². The van der Waals surface area contributed by atoms with Crippen LogP contribution in [0.1, 0.15) is 239 Å². The number of carbonyl (C=O) groups is 2. The Morgan fingerprint density at radius 1 is 0.458 bits per heavy atom. The smallest absolute Gasteiger partial charge is 0.306 e. The highest BCUT2D eigenvalue weighted by Crippen LogP contribution is 2.18. The zero-order valence-electron chi connectivity index (χ0n) is 32.3. The van der Waals surface area contributed by atoms with Crippen molar-refractivity contribution in [3.05, 3.63) is 24.3 Å². The first-order chi connectivity index (χ1) is 23.6. The van der Waals surface area contributed by atoms with Crippen LogP contribution in [-0.4, -0.2) is 23.1 Å². The number of hydrogen-bond acceptors (Lipinski definition) is 3. The first kappa shape index (κ1) is 46.4. The Labute approximate surface area is 299 Å². The third-order valence-electron chi connectivity index (χ3n) is 9.69. The lowest BCUT2D eigenvalue weighted by Gasteiger charge is -2.17. The summed E-state index contributed by atoms with van der Waals surface area (Å²) in [4.78, 5) is 23.6. The minimum atomic E-state index is -0.810. The van der Waals surface area contributed by atoms with Gasteiger partial charge in [-0.1, -0.05) is 192 Å². The van der Waals surface area contributed by atoms with Crippen LogP contribution >= 0.6 is 0 Å². The van der Waals surface area contributed by atoms with Gasteiger partial charge < -0.3 is 9.84 Å². The summed E-state index contributed by atoms with van der Waals surface area (Å²) in [6.07, 6.45) is 50.6. The lowest BCUT2D eigenvalue weighted by atomic mass is 10.0. The third kappa shape index (κ3) is 38.9. The van der Waals surface area contributed by atoms with Crippen LogP contribution in [0.3, 0.4) is 0 Å². The maximum absolute atomic E-state index is 12.5. The monoisotopic (exact) mass is 675 g/mol. The molecule has 0 aliphatic heterocycles. The minimum Gasteiger partial charge on any atom is -0.481 e. The van der Waals surface area contributed by atoms with E-state index in [-0.39, 0.29) is 18.5 Å². The lowest BCUT2D eigenvalue weighted by molar-refractivity contribution is -0.151. The molecule has 1 unspecified atom stereocenters. The summed E-state index contributed by atoms with van der Waals surface area (Å²) in [6, 6.07) is 0. The number of hydrogen-bond donors (Lipinski definition) is 1. The van der Waals surface area contributed by atoms with Gasteiger partial charge in [-0.2, -0.15) is 0 Å². The van der Waals surface area contributed by atoms with E-state index in [0.29, 0.717) is 12.8 Å². The Morgan fingerprint density at radius 3 is 1.29 bits per heavy atom. The SMILES string of the molecule is CCCCC/C=C\C/C=C\CCCCCCCCCC(=O)OC(CCCCCCCCCCCCCCCCCCCC)CCC(=O)O. The molecule has 0 aromatic carbocycles. The van der Waals surface area contributed by atoms with E-state index in [1.807, 2.05) is 0 Å². The normalized spacial score (nSPS) is 12.4. The number of unbranched alkanes of at least 4 members (excludes halogenated alkanes) is 27. The van der Waals surface area contributed by atoms with E-state index in [1.165, 1.54) is 167 Å². The molecular weight excluding hydrogens is 592 g/mol. The quantitative estimate of drug-likeness (QED) is 0.0400. The van der Waals surface area contributed by atoms with Gasteiger partial charge in [-0.25, -0.2) is 0 Å².